The summed E-state index contributed by atoms with van der Waals surface area (Å²) in [6, 6.07) is 0.409. The Balaban J connectivity index is 1.99. The standard InChI is InChI=1S/C13H24N2O/c1-9-4-5-10(7-14)8-15(9)12(16)11-6-13(11,2)3/h9-11H,4-8,14H2,1-3H3. The first-order valence-electron chi connectivity index (χ1n) is 6.46. The zero-order valence-corrected chi connectivity index (χ0v) is 10.7. The third-order valence-electron chi connectivity index (χ3n) is 4.41. The van der Waals surface area contributed by atoms with E-state index in [1.807, 2.05) is 0 Å². The maximum absolute atomic E-state index is 12.3. The molecule has 92 valence electrons. The fourth-order valence-corrected chi connectivity index (χ4v) is 2.77. The van der Waals surface area contributed by atoms with Crippen LogP contribution < -0.4 is 5.73 Å². The second kappa shape index (κ2) is 4.02. The Hall–Kier alpha value is -0.570. The minimum absolute atomic E-state index is 0.243. The van der Waals surface area contributed by atoms with Gasteiger partial charge in [0.2, 0.25) is 5.91 Å². The monoisotopic (exact) mass is 224 g/mol. The summed E-state index contributed by atoms with van der Waals surface area (Å²) in [4.78, 5) is 14.4. The number of carbonyl (C=O) groups excluding carboxylic acids is 1. The van der Waals surface area contributed by atoms with Gasteiger partial charge in [0.05, 0.1) is 0 Å². The van der Waals surface area contributed by atoms with Crippen molar-refractivity contribution < 1.29 is 4.79 Å². The average Bonchev–Trinajstić information content (AvgIpc) is 2.87. The van der Waals surface area contributed by atoms with Gasteiger partial charge >= 0.3 is 0 Å². The molecule has 1 aliphatic carbocycles. The quantitative estimate of drug-likeness (QED) is 0.774. The maximum atomic E-state index is 12.3. The fraction of sp³-hybridized carbons (Fsp3) is 0.923. The third kappa shape index (κ3) is 2.10. The smallest absolute Gasteiger partial charge is 0.226 e. The van der Waals surface area contributed by atoms with Gasteiger partial charge in [-0.25, -0.2) is 0 Å². The molecular formula is C13H24N2O. The molecule has 2 rings (SSSR count). The van der Waals surface area contributed by atoms with Crippen LogP contribution in [0, 0.1) is 17.3 Å². The Morgan fingerprint density at radius 1 is 1.44 bits per heavy atom. The molecule has 0 aromatic carbocycles. The van der Waals surface area contributed by atoms with E-state index >= 15 is 0 Å². The van der Waals surface area contributed by atoms with Crippen LogP contribution in [0.25, 0.3) is 0 Å². The van der Waals surface area contributed by atoms with E-state index in [9.17, 15) is 4.79 Å². The number of nitrogens with zero attached hydrogens (tertiary/aromatic N) is 1. The van der Waals surface area contributed by atoms with Gasteiger partial charge in [-0.05, 0) is 44.1 Å². The Morgan fingerprint density at radius 2 is 2.06 bits per heavy atom. The van der Waals surface area contributed by atoms with Crippen molar-refractivity contribution in [3.63, 3.8) is 0 Å². The van der Waals surface area contributed by atoms with Crippen LogP contribution in [-0.2, 0) is 4.79 Å². The van der Waals surface area contributed by atoms with E-state index in [0.29, 0.717) is 24.4 Å². The van der Waals surface area contributed by atoms with Crippen LogP contribution in [0.2, 0.25) is 0 Å². The minimum atomic E-state index is 0.243. The Morgan fingerprint density at radius 3 is 2.56 bits per heavy atom. The van der Waals surface area contributed by atoms with Crippen LogP contribution in [-0.4, -0.2) is 29.9 Å². The van der Waals surface area contributed by atoms with E-state index in [1.54, 1.807) is 0 Å². The zero-order chi connectivity index (χ0) is 11.9. The second-order valence-corrected chi connectivity index (χ2v) is 6.26. The van der Waals surface area contributed by atoms with Crippen molar-refractivity contribution in [2.75, 3.05) is 13.1 Å². The molecule has 3 atom stereocenters. The Kier molecular flexibility index (Phi) is 2.99. The molecule has 1 saturated heterocycles. The number of likely N-dealkylation sites (tertiary alicyclic amines) is 1. The van der Waals surface area contributed by atoms with Crippen molar-refractivity contribution in [3.8, 4) is 0 Å². The molecule has 1 amide bonds. The van der Waals surface area contributed by atoms with Crippen molar-refractivity contribution >= 4 is 5.91 Å². The summed E-state index contributed by atoms with van der Waals surface area (Å²) >= 11 is 0. The lowest BCUT2D eigenvalue weighted by molar-refractivity contribution is -0.137. The van der Waals surface area contributed by atoms with E-state index in [0.717, 1.165) is 19.4 Å². The highest BCUT2D eigenvalue weighted by molar-refractivity contribution is 5.82. The molecule has 1 heterocycles. The molecule has 0 aromatic rings. The SMILES string of the molecule is CC1CCC(CN)CN1C(=O)C1CC1(C)C. The average molecular weight is 224 g/mol. The topological polar surface area (TPSA) is 46.3 Å². The molecule has 2 aliphatic rings. The first kappa shape index (κ1) is 11.9. The summed E-state index contributed by atoms with van der Waals surface area (Å²) in [5.41, 5.74) is 5.96. The second-order valence-electron chi connectivity index (χ2n) is 6.26. The summed E-state index contributed by atoms with van der Waals surface area (Å²) in [6.07, 6.45) is 3.35. The van der Waals surface area contributed by atoms with E-state index in [1.165, 1.54) is 6.42 Å². The summed E-state index contributed by atoms with van der Waals surface area (Å²) in [6.45, 7) is 8.13. The van der Waals surface area contributed by atoms with Gasteiger partial charge in [0.25, 0.3) is 0 Å². The molecule has 0 spiro atoms. The predicted molar refractivity (Wildman–Crippen MR) is 64.8 cm³/mol. The van der Waals surface area contributed by atoms with Crippen LogP contribution in [0.5, 0.6) is 0 Å². The molecule has 3 heteroatoms. The molecule has 3 nitrogen and oxygen atoms in total. The van der Waals surface area contributed by atoms with Gasteiger partial charge < -0.3 is 10.6 Å². The van der Waals surface area contributed by atoms with Crippen LogP contribution in [0.4, 0.5) is 0 Å². The van der Waals surface area contributed by atoms with Crippen molar-refractivity contribution in [2.45, 2.75) is 46.1 Å². The maximum Gasteiger partial charge on any atom is 0.226 e. The minimum Gasteiger partial charge on any atom is -0.339 e. The highest BCUT2D eigenvalue weighted by Crippen LogP contribution is 2.52. The molecular weight excluding hydrogens is 200 g/mol. The Labute approximate surface area is 98.4 Å². The Bertz CT molecular complexity index is 288. The van der Waals surface area contributed by atoms with Gasteiger partial charge in [0.1, 0.15) is 0 Å². The molecule has 1 aliphatic heterocycles. The van der Waals surface area contributed by atoms with Gasteiger partial charge in [-0.15, -0.1) is 0 Å². The number of hydrogen-bond donors (Lipinski definition) is 1. The molecule has 2 fully saturated rings. The van der Waals surface area contributed by atoms with Crippen molar-refractivity contribution in [1.82, 2.24) is 4.90 Å². The van der Waals surface area contributed by atoms with Gasteiger partial charge in [-0.2, -0.15) is 0 Å². The van der Waals surface area contributed by atoms with E-state index in [2.05, 4.69) is 25.7 Å². The van der Waals surface area contributed by atoms with E-state index < -0.39 is 0 Å². The van der Waals surface area contributed by atoms with Gasteiger partial charge in [0.15, 0.2) is 0 Å². The zero-order valence-electron chi connectivity index (χ0n) is 10.7. The van der Waals surface area contributed by atoms with Crippen LogP contribution in [0.1, 0.15) is 40.0 Å². The van der Waals surface area contributed by atoms with Crippen molar-refractivity contribution in [3.05, 3.63) is 0 Å². The number of rotatable bonds is 2. The van der Waals surface area contributed by atoms with Crippen LogP contribution in [0.3, 0.4) is 0 Å². The first-order chi connectivity index (χ1) is 7.45. The molecule has 0 aromatic heterocycles. The predicted octanol–water partition coefficient (Wildman–Crippen LogP) is 1.62. The number of hydrogen-bond acceptors (Lipinski definition) is 2. The number of amides is 1. The van der Waals surface area contributed by atoms with Gasteiger partial charge in [-0.3, -0.25) is 4.79 Å². The number of piperidine rings is 1. The normalized spacial score (nSPS) is 37.2. The highest BCUT2D eigenvalue weighted by atomic mass is 16.2. The molecule has 1 saturated carbocycles. The van der Waals surface area contributed by atoms with Crippen molar-refractivity contribution in [1.29, 1.82) is 0 Å². The summed E-state index contributed by atoms with van der Waals surface area (Å²) in [5, 5.41) is 0. The van der Waals surface area contributed by atoms with Gasteiger partial charge in [-0.1, -0.05) is 13.8 Å². The molecule has 2 N–H and O–H groups in total. The number of nitrogens with two attached hydrogens (primary N) is 1. The summed E-state index contributed by atoms with van der Waals surface area (Å²) in [7, 11) is 0. The largest absolute Gasteiger partial charge is 0.339 e. The van der Waals surface area contributed by atoms with E-state index in [4.69, 9.17) is 5.73 Å². The molecule has 0 bridgehead atoms. The molecule has 3 unspecified atom stereocenters. The van der Waals surface area contributed by atoms with Crippen molar-refractivity contribution in [2.24, 2.45) is 23.0 Å². The lowest BCUT2D eigenvalue weighted by Gasteiger charge is -2.38. The number of carbonyl (C=O) groups is 1. The third-order valence-corrected chi connectivity index (χ3v) is 4.41. The van der Waals surface area contributed by atoms with Crippen LogP contribution in [0.15, 0.2) is 0 Å². The fourth-order valence-electron chi connectivity index (χ4n) is 2.77. The summed E-state index contributed by atoms with van der Waals surface area (Å²) in [5.74, 6) is 1.16. The lowest BCUT2D eigenvalue weighted by Crippen LogP contribution is -2.48. The molecule has 16 heavy (non-hydrogen) atoms. The lowest BCUT2D eigenvalue weighted by atomic mass is 9.93. The first-order valence-corrected chi connectivity index (χ1v) is 6.46. The van der Waals surface area contributed by atoms with Gasteiger partial charge in [0, 0.05) is 18.5 Å². The highest BCUT2D eigenvalue weighted by Gasteiger charge is 2.52. The summed E-state index contributed by atoms with van der Waals surface area (Å²) < 4.78 is 0. The molecule has 0 radical (unpaired) electrons. The van der Waals surface area contributed by atoms with E-state index in [-0.39, 0.29) is 11.3 Å². The van der Waals surface area contributed by atoms with Crippen LogP contribution >= 0.6 is 0 Å².